The van der Waals surface area contributed by atoms with E-state index in [9.17, 15) is 9.59 Å². The van der Waals surface area contributed by atoms with Gasteiger partial charge in [-0.3, -0.25) is 9.59 Å². The third kappa shape index (κ3) is 5.17. The predicted molar refractivity (Wildman–Crippen MR) is 115 cm³/mol. The highest BCUT2D eigenvalue weighted by Gasteiger charge is 2.42. The standard InChI is InChI=1S/C24H28N2O5/c1-29-20-9-5-6-18(14-20)15-23(27)26-17-21(31-19-7-3-2-4-8-19)16-22(26)24(28)25-10-12-30-13-11-25/h2-9,14,21-22H,10-13,15-17H2,1H3/t21-,22+/m0/s1. The Kier molecular flexibility index (Phi) is 6.72. The summed E-state index contributed by atoms with van der Waals surface area (Å²) in [7, 11) is 1.60. The quantitative estimate of drug-likeness (QED) is 0.711. The van der Waals surface area contributed by atoms with Gasteiger partial charge in [0.25, 0.3) is 0 Å². The van der Waals surface area contributed by atoms with E-state index in [2.05, 4.69) is 0 Å². The molecule has 7 heteroatoms. The molecule has 2 heterocycles. The summed E-state index contributed by atoms with van der Waals surface area (Å²) in [6.07, 6.45) is 0.462. The number of ether oxygens (including phenoxy) is 3. The molecule has 2 aliphatic heterocycles. The van der Waals surface area contributed by atoms with Crippen molar-refractivity contribution < 1.29 is 23.8 Å². The number of carbonyl (C=O) groups is 2. The summed E-state index contributed by atoms with van der Waals surface area (Å²) < 4.78 is 16.7. The van der Waals surface area contributed by atoms with E-state index < -0.39 is 6.04 Å². The molecule has 2 aromatic carbocycles. The molecule has 2 aromatic rings. The van der Waals surface area contributed by atoms with Crippen LogP contribution in [0.4, 0.5) is 0 Å². The zero-order valence-electron chi connectivity index (χ0n) is 17.7. The van der Waals surface area contributed by atoms with Crippen LogP contribution in [0.15, 0.2) is 54.6 Å². The molecule has 164 valence electrons. The smallest absolute Gasteiger partial charge is 0.245 e. The summed E-state index contributed by atoms with van der Waals surface area (Å²) in [5.74, 6) is 1.34. The lowest BCUT2D eigenvalue weighted by Gasteiger charge is -2.32. The van der Waals surface area contributed by atoms with Crippen LogP contribution in [-0.2, 0) is 20.7 Å². The average molecular weight is 424 g/mol. The minimum Gasteiger partial charge on any atom is -0.497 e. The van der Waals surface area contributed by atoms with E-state index in [1.165, 1.54) is 0 Å². The van der Waals surface area contributed by atoms with Crippen LogP contribution in [0.25, 0.3) is 0 Å². The molecule has 0 bridgehead atoms. The normalized spacial score (nSPS) is 21.1. The maximum Gasteiger partial charge on any atom is 0.245 e. The lowest BCUT2D eigenvalue weighted by atomic mass is 10.1. The largest absolute Gasteiger partial charge is 0.497 e. The van der Waals surface area contributed by atoms with Crippen molar-refractivity contribution in [2.45, 2.75) is 25.0 Å². The van der Waals surface area contributed by atoms with Crippen molar-refractivity contribution in [1.29, 1.82) is 0 Å². The summed E-state index contributed by atoms with van der Waals surface area (Å²) in [5, 5.41) is 0. The van der Waals surface area contributed by atoms with E-state index >= 15 is 0 Å². The number of likely N-dealkylation sites (tertiary alicyclic amines) is 1. The van der Waals surface area contributed by atoms with Crippen LogP contribution in [0.2, 0.25) is 0 Å². The van der Waals surface area contributed by atoms with Gasteiger partial charge >= 0.3 is 0 Å². The number of methoxy groups -OCH3 is 1. The zero-order valence-corrected chi connectivity index (χ0v) is 17.7. The summed E-state index contributed by atoms with van der Waals surface area (Å²) in [6.45, 7) is 2.55. The molecule has 0 spiro atoms. The summed E-state index contributed by atoms with van der Waals surface area (Å²) in [6, 6.07) is 16.5. The topological polar surface area (TPSA) is 68.3 Å². The zero-order chi connectivity index (χ0) is 21.6. The van der Waals surface area contributed by atoms with Crippen LogP contribution in [-0.4, -0.2) is 73.7 Å². The highest BCUT2D eigenvalue weighted by Crippen LogP contribution is 2.26. The molecule has 0 saturated carbocycles. The van der Waals surface area contributed by atoms with Gasteiger partial charge in [-0.2, -0.15) is 0 Å². The summed E-state index contributed by atoms with van der Waals surface area (Å²) in [5.41, 5.74) is 0.856. The summed E-state index contributed by atoms with van der Waals surface area (Å²) in [4.78, 5) is 30.0. The second-order valence-electron chi connectivity index (χ2n) is 7.82. The van der Waals surface area contributed by atoms with Gasteiger partial charge in [-0.05, 0) is 29.8 Å². The molecule has 0 radical (unpaired) electrons. The average Bonchev–Trinajstić information content (AvgIpc) is 3.24. The Morgan fingerprint density at radius 1 is 1.03 bits per heavy atom. The van der Waals surface area contributed by atoms with Gasteiger partial charge in [0.05, 0.1) is 33.3 Å². The van der Waals surface area contributed by atoms with E-state index in [4.69, 9.17) is 14.2 Å². The van der Waals surface area contributed by atoms with Crippen molar-refractivity contribution in [3.63, 3.8) is 0 Å². The van der Waals surface area contributed by atoms with Crippen molar-refractivity contribution in [3.05, 3.63) is 60.2 Å². The number of hydrogen-bond acceptors (Lipinski definition) is 5. The fourth-order valence-corrected chi connectivity index (χ4v) is 4.14. The van der Waals surface area contributed by atoms with Crippen molar-refractivity contribution in [1.82, 2.24) is 9.80 Å². The number of nitrogens with zero attached hydrogens (tertiary/aromatic N) is 2. The van der Waals surface area contributed by atoms with E-state index in [0.29, 0.717) is 45.0 Å². The van der Waals surface area contributed by atoms with Crippen molar-refractivity contribution >= 4 is 11.8 Å². The van der Waals surface area contributed by atoms with Crippen LogP contribution in [0, 0.1) is 0 Å². The molecule has 0 aromatic heterocycles. The van der Waals surface area contributed by atoms with E-state index in [1.807, 2.05) is 54.6 Å². The van der Waals surface area contributed by atoms with Gasteiger partial charge in [0.2, 0.25) is 11.8 Å². The lowest BCUT2D eigenvalue weighted by Crippen LogP contribution is -2.51. The van der Waals surface area contributed by atoms with E-state index in [0.717, 1.165) is 11.3 Å². The molecule has 2 saturated heterocycles. The number of amides is 2. The van der Waals surface area contributed by atoms with Crippen molar-refractivity contribution in [2.24, 2.45) is 0 Å². The second kappa shape index (κ2) is 9.83. The van der Waals surface area contributed by atoms with Crippen LogP contribution < -0.4 is 9.47 Å². The Balaban J connectivity index is 1.50. The Labute approximate surface area is 182 Å². The monoisotopic (exact) mass is 424 g/mol. The van der Waals surface area contributed by atoms with Gasteiger partial charge in [-0.25, -0.2) is 0 Å². The fraction of sp³-hybridized carbons (Fsp3) is 0.417. The molecule has 0 unspecified atom stereocenters. The Hall–Kier alpha value is -3.06. The summed E-state index contributed by atoms with van der Waals surface area (Å²) >= 11 is 0. The first kappa shape index (κ1) is 21.2. The number of morpholine rings is 1. The first-order valence-electron chi connectivity index (χ1n) is 10.6. The first-order valence-corrected chi connectivity index (χ1v) is 10.6. The van der Waals surface area contributed by atoms with E-state index in [-0.39, 0.29) is 24.3 Å². The maximum absolute atomic E-state index is 13.3. The molecule has 2 atom stereocenters. The minimum absolute atomic E-state index is 0.0264. The Morgan fingerprint density at radius 3 is 2.52 bits per heavy atom. The molecule has 7 nitrogen and oxygen atoms in total. The maximum atomic E-state index is 13.3. The van der Waals surface area contributed by atoms with E-state index in [1.54, 1.807) is 16.9 Å². The second-order valence-corrected chi connectivity index (χ2v) is 7.82. The predicted octanol–water partition coefficient (Wildman–Crippen LogP) is 2.14. The molecular weight excluding hydrogens is 396 g/mol. The lowest BCUT2D eigenvalue weighted by molar-refractivity contribution is -0.146. The van der Waals surface area contributed by atoms with Crippen LogP contribution in [0.1, 0.15) is 12.0 Å². The molecule has 4 rings (SSSR count). The van der Waals surface area contributed by atoms with Crippen molar-refractivity contribution in [3.8, 4) is 11.5 Å². The third-order valence-corrected chi connectivity index (χ3v) is 5.73. The third-order valence-electron chi connectivity index (χ3n) is 5.73. The number of rotatable bonds is 6. The number of para-hydroxylation sites is 1. The Bertz CT molecular complexity index is 898. The number of carbonyl (C=O) groups excluding carboxylic acids is 2. The molecule has 0 N–H and O–H groups in total. The minimum atomic E-state index is -0.523. The van der Waals surface area contributed by atoms with Crippen LogP contribution in [0.3, 0.4) is 0 Å². The van der Waals surface area contributed by atoms with Gasteiger partial charge in [-0.15, -0.1) is 0 Å². The first-order chi connectivity index (χ1) is 15.1. The van der Waals surface area contributed by atoms with Crippen LogP contribution >= 0.6 is 0 Å². The van der Waals surface area contributed by atoms with Crippen LogP contribution in [0.5, 0.6) is 11.5 Å². The molecule has 2 aliphatic rings. The number of benzene rings is 2. The van der Waals surface area contributed by atoms with Gasteiger partial charge in [0.1, 0.15) is 23.6 Å². The highest BCUT2D eigenvalue weighted by atomic mass is 16.5. The SMILES string of the molecule is COc1cccc(CC(=O)N2C[C@@H](Oc3ccccc3)C[C@@H]2C(=O)N2CCOCC2)c1. The van der Waals surface area contributed by atoms with Crippen molar-refractivity contribution in [2.75, 3.05) is 40.0 Å². The van der Waals surface area contributed by atoms with Gasteiger partial charge in [0, 0.05) is 19.5 Å². The molecule has 2 fully saturated rings. The fourth-order valence-electron chi connectivity index (χ4n) is 4.14. The highest BCUT2D eigenvalue weighted by molar-refractivity contribution is 5.89. The molecule has 31 heavy (non-hydrogen) atoms. The molecule has 0 aliphatic carbocycles. The Morgan fingerprint density at radius 2 is 1.77 bits per heavy atom. The number of hydrogen-bond donors (Lipinski definition) is 0. The van der Waals surface area contributed by atoms with Gasteiger partial charge < -0.3 is 24.0 Å². The molecule has 2 amide bonds. The molecular formula is C24H28N2O5. The van der Waals surface area contributed by atoms with Gasteiger partial charge in [-0.1, -0.05) is 30.3 Å². The van der Waals surface area contributed by atoms with Gasteiger partial charge in [0.15, 0.2) is 0 Å².